The molecule has 3 heterocycles. The summed E-state index contributed by atoms with van der Waals surface area (Å²) in [6.07, 6.45) is 3.01. The average Bonchev–Trinajstić information content (AvgIpc) is 3.15. The van der Waals surface area contributed by atoms with Crippen molar-refractivity contribution >= 4 is 23.5 Å². The minimum atomic E-state index is -0.732. The van der Waals surface area contributed by atoms with Gasteiger partial charge in [0.1, 0.15) is 5.82 Å². The van der Waals surface area contributed by atoms with E-state index in [0.717, 1.165) is 5.56 Å². The van der Waals surface area contributed by atoms with Crippen LogP contribution in [0.2, 0.25) is 0 Å². The third-order valence-electron chi connectivity index (χ3n) is 3.94. The molecule has 25 heavy (non-hydrogen) atoms. The number of rotatable bonds is 2. The predicted molar refractivity (Wildman–Crippen MR) is 88.8 cm³/mol. The van der Waals surface area contributed by atoms with Crippen LogP contribution >= 0.6 is 0 Å². The van der Waals surface area contributed by atoms with Crippen molar-refractivity contribution in [1.29, 1.82) is 0 Å². The number of hydrogen-bond donors (Lipinski definition) is 1. The van der Waals surface area contributed by atoms with Crippen LogP contribution in [0.3, 0.4) is 0 Å². The van der Waals surface area contributed by atoms with E-state index in [1.165, 1.54) is 11.2 Å². The Labute approximate surface area is 144 Å². The lowest BCUT2D eigenvalue weighted by atomic mass is 10.2. The first-order valence-corrected chi connectivity index (χ1v) is 7.90. The van der Waals surface area contributed by atoms with Gasteiger partial charge >= 0.3 is 11.8 Å². The van der Waals surface area contributed by atoms with Crippen molar-refractivity contribution in [3.05, 3.63) is 48.0 Å². The lowest BCUT2D eigenvalue weighted by Gasteiger charge is -2.33. The van der Waals surface area contributed by atoms with Gasteiger partial charge < -0.3 is 19.5 Å². The maximum atomic E-state index is 12.3. The van der Waals surface area contributed by atoms with Gasteiger partial charge in [0, 0.05) is 32.4 Å². The van der Waals surface area contributed by atoms with Gasteiger partial charge in [-0.3, -0.25) is 14.4 Å². The van der Waals surface area contributed by atoms with E-state index in [4.69, 9.17) is 4.42 Å². The zero-order valence-electron chi connectivity index (χ0n) is 13.8. The normalized spacial score (nSPS) is 14.3. The minimum Gasteiger partial charge on any atom is -0.459 e. The first-order chi connectivity index (χ1) is 12.0. The third kappa shape index (κ3) is 3.85. The maximum absolute atomic E-state index is 12.3. The molecule has 0 saturated carbocycles. The topological polar surface area (TPSA) is 95.8 Å². The summed E-state index contributed by atoms with van der Waals surface area (Å²) in [5.41, 5.74) is 0.933. The summed E-state index contributed by atoms with van der Waals surface area (Å²) < 4.78 is 5.09. The number of furan rings is 1. The van der Waals surface area contributed by atoms with Crippen LogP contribution in [0.15, 0.2) is 41.1 Å². The second kappa shape index (κ2) is 7.16. The van der Waals surface area contributed by atoms with Gasteiger partial charge in [0.05, 0.1) is 6.26 Å². The first kappa shape index (κ1) is 16.7. The number of piperazine rings is 1. The van der Waals surface area contributed by atoms with Gasteiger partial charge in [0.2, 0.25) is 0 Å². The molecule has 8 nitrogen and oxygen atoms in total. The molecule has 1 N–H and O–H groups in total. The largest absolute Gasteiger partial charge is 0.459 e. The van der Waals surface area contributed by atoms with Gasteiger partial charge in [-0.05, 0) is 36.8 Å². The van der Waals surface area contributed by atoms with Crippen molar-refractivity contribution in [2.75, 3.05) is 31.5 Å². The molecule has 0 aliphatic carbocycles. The lowest BCUT2D eigenvalue weighted by molar-refractivity contribution is -0.144. The molecule has 2 aromatic rings. The fourth-order valence-electron chi connectivity index (χ4n) is 2.59. The number of pyridine rings is 1. The van der Waals surface area contributed by atoms with E-state index in [2.05, 4.69) is 10.3 Å². The Bertz CT molecular complexity index is 780. The van der Waals surface area contributed by atoms with Gasteiger partial charge in [-0.15, -0.1) is 0 Å². The molecule has 3 amide bonds. The van der Waals surface area contributed by atoms with Crippen molar-refractivity contribution in [3.63, 3.8) is 0 Å². The van der Waals surface area contributed by atoms with E-state index in [1.54, 1.807) is 35.4 Å². The SMILES string of the molecule is Cc1ccnc(NC(=O)C(=O)N2CCN(C(=O)c3ccco3)CC2)c1. The summed E-state index contributed by atoms with van der Waals surface area (Å²) >= 11 is 0. The predicted octanol–water partition coefficient (Wildman–Crippen LogP) is 0.906. The van der Waals surface area contributed by atoms with Crippen molar-refractivity contribution in [3.8, 4) is 0 Å². The second-order valence-electron chi connectivity index (χ2n) is 5.73. The van der Waals surface area contributed by atoms with E-state index in [9.17, 15) is 14.4 Å². The monoisotopic (exact) mass is 342 g/mol. The van der Waals surface area contributed by atoms with E-state index in [1.807, 2.05) is 6.92 Å². The molecule has 2 aromatic heterocycles. The van der Waals surface area contributed by atoms with Crippen molar-refractivity contribution in [1.82, 2.24) is 14.8 Å². The van der Waals surface area contributed by atoms with Crippen LogP contribution in [0, 0.1) is 6.92 Å². The molecule has 1 aliphatic heterocycles. The zero-order valence-corrected chi connectivity index (χ0v) is 13.8. The van der Waals surface area contributed by atoms with Crippen LogP contribution < -0.4 is 5.32 Å². The lowest BCUT2D eigenvalue weighted by Crippen LogP contribution is -2.53. The molecule has 3 rings (SSSR count). The van der Waals surface area contributed by atoms with Gasteiger partial charge in [-0.25, -0.2) is 4.98 Å². The summed E-state index contributed by atoms with van der Waals surface area (Å²) in [5, 5.41) is 2.50. The molecule has 8 heteroatoms. The molecule has 1 aliphatic rings. The number of carbonyl (C=O) groups excluding carboxylic acids is 3. The molecule has 0 spiro atoms. The number of carbonyl (C=O) groups is 3. The number of aryl methyl sites for hydroxylation is 1. The van der Waals surface area contributed by atoms with Crippen molar-refractivity contribution in [2.45, 2.75) is 6.92 Å². The molecule has 130 valence electrons. The van der Waals surface area contributed by atoms with Crippen LogP contribution in [-0.4, -0.2) is 58.7 Å². The number of nitrogens with zero attached hydrogens (tertiary/aromatic N) is 3. The molecule has 0 aromatic carbocycles. The molecular weight excluding hydrogens is 324 g/mol. The fourth-order valence-corrected chi connectivity index (χ4v) is 2.59. The minimum absolute atomic E-state index is 0.217. The Morgan fingerprint density at radius 1 is 1.12 bits per heavy atom. The Balaban J connectivity index is 1.54. The van der Waals surface area contributed by atoms with Crippen molar-refractivity contribution < 1.29 is 18.8 Å². The number of nitrogens with one attached hydrogen (secondary N) is 1. The number of hydrogen-bond acceptors (Lipinski definition) is 5. The summed E-state index contributed by atoms with van der Waals surface area (Å²) in [6.45, 7) is 3.15. The van der Waals surface area contributed by atoms with E-state index < -0.39 is 11.8 Å². The summed E-state index contributed by atoms with van der Waals surface area (Å²) in [4.78, 5) is 43.6. The number of aromatic nitrogens is 1. The zero-order chi connectivity index (χ0) is 17.8. The van der Waals surface area contributed by atoms with Gasteiger partial charge in [-0.1, -0.05) is 0 Å². The summed E-state index contributed by atoms with van der Waals surface area (Å²) in [5.74, 6) is -0.976. The van der Waals surface area contributed by atoms with Crippen LogP contribution in [-0.2, 0) is 9.59 Å². The number of anilines is 1. The quantitative estimate of drug-likeness (QED) is 0.818. The van der Waals surface area contributed by atoms with Gasteiger partial charge in [0.15, 0.2) is 5.76 Å². The summed E-state index contributed by atoms with van der Waals surface area (Å²) in [6, 6.07) is 6.73. The fraction of sp³-hybridized carbons (Fsp3) is 0.294. The molecule has 0 unspecified atom stereocenters. The maximum Gasteiger partial charge on any atom is 0.315 e. The second-order valence-corrected chi connectivity index (χ2v) is 5.73. The molecule has 0 atom stereocenters. The van der Waals surface area contributed by atoms with E-state index in [-0.39, 0.29) is 11.7 Å². The van der Waals surface area contributed by atoms with Crippen molar-refractivity contribution in [2.24, 2.45) is 0 Å². The van der Waals surface area contributed by atoms with E-state index >= 15 is 0 Å². The smallest absolute Gasteiger partial charge is 0.315 e. The molecular formula is C17H18N4O4. The highest BCUT2D eigenvalue weighted by Crippen LogP contribution is 2.10. The molecule has 0 bridgehead atoms. The molecule has 0 radical (unpaired) electrons. The third-order valence-corrected chi connectivity index (χ3v) is 3.94. The Hall–Kier alpha value is -3.16. The van der Waals surface area contributed by atoms with Crippen LogP contribution in [0.5, 0.6) is 0 Å². The Morgan fingerprint density at radius 2 is 1.84 bits per heavy atom. The highest BCUT2D eigenvalue weighted by Gasteiger charge is 2.29. The summed E-state index contributed by atoms with van der Waals surface area (Å²) in [7, 11) is 0. The van der Waals surface area contributed by atoms with Gasteiger partial charge in [0.25, 0.3) is 5.91 Å². The Morgan fingerprint density at radius 3 is 2.48 bits per heavy atom. The van der Waals surface area contributed by atoms with E-state index in [0.29, 0.717) is 32.0 Å². The van der Waals surface area contributed by atoms with Gasteiger partial charge in [-0.2, -0.15) is 0 Å². The average molecular weight is 342 g/mol. The molecule has 1 fully saturated rings. The van der Waals surface area contributed by atoms with Crippen LogP contribution in [0.25, 0.3) is 0 Å². The standard InChI is InChI=1S/C17H18N4O4/c1-12-4-5-18-14(11-12)19-15(22)17(24)21-8-6-20(7-9-21)16(23)13-3-2-10-25-13/h2-5,10-11H,6-9H2,1H3,(H,18,19,22). The Kier molecular flexibility index (Phi) is 4.78. The molecule has 1 saturated heterocycles. The van der Waals surface area contributed by atoms with Crippen LogP contribution in [0.1, 0.15) is 16.1 Å². The highest BCUT2D eigenvalue weighted by molar-refractivity contribution is 6.39. The number of amides is 3. The first-order valence-electron chi connectivity index (χ1n) is 7.90. The van der Waals surface area contributed by atoms with Crippen LogP contribution in [0.4, 0.5) is 5.82 Å². The highest BCUT2D eigenvalue weighted by atomic mass is 16.3.